The van der Waals surface area contributed by atoms with Crippen molar-refractivity contribution in [2.24, 2.45) is 11.7 Å². The minimum Gasteiger partial charge on any atom is -0.327 e. The number of alkyl halides is 6. The first kappa shape index (κ1) is 12.5. The Bertz CT molecular complexity index is 145. The zero-order valence-corrected chi connectivity index (χ0v) is 6.71. The molecule has 0 aromatic rings. The lowest BCUT2D eigenvalue weighted by molar-refractivity contribution is -0.289. The molecule has 1 nitrogen and oxygen atoms in total. The summed E-state index contributed by atoms with van der Waals surface area (Å²) >= 11 is 0. The van der Waals surface area contributed by atoms with E-state index in [-0.39, 0.29) is 6.42 Å². The Labute approximate surface area is 70.9 Å². The van der Waals surface area contributed by atoms with E-state index in [4.69, 9.17) is 5.73 Å². The van der Waals surface area contributed by atoms with Crippen LogP contribution >= 0.6 is 0 Å². The molecule has 0 saturated carbocycles. The van der Waals surface area contributed by atoms with Crippen molar-refractivity contribution >= 4 is 0 Å². The summed E-state index contributed by atoms with van der Waals surface area (Å²) in [7, 11) is 0. The first-order chi connectivity index (χ1) is 5.60. The topological polar surface area (TPSA) is 26.0 Å². The Balaban J connectivity index is 4.78. The third kappa shape index (κ3) is 3.41. The van der Waals surface area contributed by atoms with Crippen LogP contribution in [-0.4, -0.2) is 18.4 Å². The van der Waals surface area contributed by atoms with Gasteiger partial charge in [-0.3, -0.25) is 0 Å². The van der Waals surface area contributed by atoms with Gasteiger partial charge in [-0.25, -0.2) is 0 Å². The molecule has 0 aliphatic heterocycles. The molecule has 0 rings (SSSR count). The predicted octanol–water partition coefficient (Wildman–Crippen LogP) is 2.46. The molecule has 80 valence electrons. The number of halogens is 6. The summed E-state index contributed by atoms with van der Waals surface area (Å²) < 4.78 is 71.1. The Morgan fingerprint density at radius 1 is 1.00 bits per heavy atom. The molecular formula is C6H9F6N. The Hall–Kier alpha value is -0.460. The molecule has 0 aliphatic rings. The molecule has 0 unspecified atom stereocenters. The highest BCUT2D eigenvalue weighted by Crippen LogP contribution is 2.41. The molecule has 13 heavy (non-hydrogen) atoms. The van der Waals surface area contributed by atoms with Crippen LogP contribution in [0.3, 0.4) is 0 Å². The lowest BCUT2D eigenvalue weighted by Gasteiger charge is -2.27. The van der Waals surface area contributed by atoms with Crippen LogP contribution in [0, 0.1) is 5.92 Å². The van der Waals surface area contributed by atoms with Gasteiger partial charge < -0.3 is 5.73 Å². The van der Waals surface area contributed by atoms with E-state index in [2.05, 4.69) is 0 Å². The molecule has 7 heteroatoms. The van der Waals surface area contributed by atoms with E-state index in [1.807, 2.05) is 0 Å². The van der Waals surface area contributed by atoms with Gasteiger partial charge in [0, 0.05) is 6.04 Å². The molecule has 0 radical (unpaired) electrons. The average molecular weight is 209 g/mol. The van der Waals surface area contributed by atoms with Gasteiger partial charge in [-0.15, -0.1) is 0 Å². The first-order valence-electron chi connectivity index (χ1n) is 3.49. The number of hydrogen-bond acceptors (Lipinski definition) is 1. The van der Waals surface area contributed by atoms with Crippen molar-refractivity contribution in [2.45, 2.75) is 31.7 Å². The van der Waals surface area contributed by atoms with E-state index in [9.17, 15) is 26.3 Å². The standard InChI is InChI=1S/C6H9F6N/c1-2-3(13)4(5(7,8)9)6(10,11)12/h3-4H,2,13H2,1H3/t3-/m1/s1. The van der Waals surface area contributed by atoms with Crippen LogP contribution in [0.1, 0.15) is 13.3 Å². The number of nitrogens with two attached hydrogens (primary N) is 1. The van der Waals surface area contributed by atoms with Gasteiger partial charge in [0.25, 0.3) is 0 Å². The lowest BCUT2D eigenvalue weighted by atomic mass is 9.97. The van der Waals surface area contributed by atoms with Crippen molar-refractivity contribution < 1.29 is 26.3 Å². The van der Waals surface area contributed by atoms with Crippen LogP contribution < -0.4 is 5.73 Å². The fourth-order valence-electron chi connectivity index (χ4n) is 0.907. The third-order valence-corrected chi connectivity index (χ3v) is 1.60. The van der Waals surface area contributed by atoms with Crippen molar-refractivity contribution in [3.8, 4) is 0 Å². The summed E-state index contributed by atoms with van der Waals surface area (Å²) in [6.45, 7) is 1.18. The smallest absolute Gasteiger partial charge is 0.327 e. The SMILES string of the molecule is CC[C@@H](N)C(C(F)(F)F)C(F)(F)F. The molecule has 0 heterocycles. The highest BCUT2D eigenvalue weighted by Gasteiger charge is 2.58. The molecule has 0 aliphatic carbocycles. The Morgan fingerprint density at radius 3 is 1.38 bits per heavy atom. The summed E-state index contributed by atoms with van der Waals surface area (Å²) in [5, 5.41) is 0. The molecule has 0 bridgehead atoms. The highest BCUT2D eigenvalue weighted by atomic mass is 19.4. The molecule has 0 spiro atoms. The molecule has 0 aromatic carbocycles. The van der Waals surface area contributed by atoms with E-state index in [1.165, 1.54) is 6.92 Å². The maximum Gasteiger partial charge on any atom is 0.401 e. The van der Waals surface area contributed by atoms with Gasteiger partial charge in [0.2, 0.25) is 0 Å². The van der Waals surface area contributed by atoms with Crippen molar-refractivity contribution in [3.63, 3.8) is 0 Å². The quantitative estimate of drug-likeness (QED) is 0.694. The van der Waals surface area contributed by atoms with E-state index in [0.717, 1.165) is 0 Å². The zero-order chi connectivity index (χ0) is 10.9. The molecule has 0 fully saturated rings. The van der Waals surface area contributed by atoms with Gasteiger partial charge in [-0.2, -0.15) is 26.3 Å². The second-order valence-electron chi connectivity index (χ2n) is 2.63. The summed E-state index contributed by atoms with van der Waals surface area (Å²) in [4.78, 5) is 0. The van der Waals surface area contributed by atoms with Crippen molar-refractivity contribution in [3.05, 3.63) is 0 Å². The fourth-order valence-corrected chi connectivity index (χ4v) is 0.907. The highest BCUT2D eigenvalue weighted by molar-refractivity contribution is 4.83. The molecule has 0 amide bonds. The second kappa shape index (κ2) is 3.73. The normalized spacial score (nSPS) is 16.4. The van der Waals surface area contributed by atoms with Gasteiger partial charge in [0.15, 0.2) is 5.92 Å². The Kier molecular flexibility index (Phi) is 3.60. The van der Waals surface area contributed by atoms with Crippen molar-refractivity contribution in [2.75, 3.05) is 0 Å². The maximum atomic E-state index is 11.9. The van der Waals surface area contributed by atoms with Crippen molar-refractivity contribution in [1.82, 2.24) is 0 Å². The van der Waals surface area contributed by atoms with Gasteiger partial charge in [0.05, 0.1) is 0 Å². The summed E-state index contributed by atoms with van der Waals surface area (Å²) in [6.07, 6.45) is -11.0. The van der Waals surface area contributed by atoms with E-state index < -0.39 is 24.3 Å². The van der Waals surface area contributed by atoms with E-state index in [0.29, 0.717) is 0 Å². The minimum atomic E-state index is -5.33. The molecule has 1 atom stereocenters. The predicted molar refractivity (Wildman–Crippen MR) is 33.9 cm³/mol. The summed E-state index contributed by atoms with van der Waals surface area (Å²) in [5.41, 5.74) is 4.75. The van der Waals surface area contributed by atoms with Gasteiger partial charge in [-0.1, -0.05) is 6.92 Å². The van der Waals surface area contributed by atoms with Gasteiger partial charge >= 0.3 is 12.4 Å². The van der Waals surface area contributed by atoms with Crippen LogP contribution in [0.2, 0.25) is 0 Å². The van der Waals surface area contributed by atoms with Gasteiger partial charge in [-0.05, 0) is 6.42 Å². The molecular weight excluding hydrogens is 200 g/mol. The largest absolute Gasteiger partial charge is 0.401 e. The number of hydrogen-bond donors (Lipinski definition) is 1. The monoisotopic (exact) mass is 209 g/mol. The third-order valence-electron chi connectivity index (χ3n) is 1.60. The molecule has 2 N–H and O–H groups in total. The van der Waals surface area contributed by atoms with Crippen LogP contribution in [0.4, 0.5) is 26.3 Å². The van der Waals surface area contributed by atoms with E-state index >= 15 is 0 Å². The average Bonchev–Trinajstić information content (AvgIpc) is 1.80. The lowest BCUT2D eigenvalue weighted by Crippen LogP contribution is -2.48. The van der Waals surface area contributed by atoms with Crippen LogP contribution in [-0.2, 0) is 0 Å². The van der Waals surface area contributed by atoms with Crippen LogP contribution in [0.25, 0.3) is 0 Å². The minimum absolute atomic E-state index is 0.371. The Morgan fingerprint density at radius 2 is 1.31 bits per heavy atom. The van der Waals surface area contributed by atoms with Gasteiger partial charge in [0.1, 0.15) is 0 Å². The van der Waals surface area contributed by atoms with Crippen molar-refractivity contribution in [1.29, 1.82) is 0 Å². The summed E-state index contributed by atoms with van der Waals surface area (Å²) in [6, 6.07) is -1.93. The number of rotatable bonds is 2. The summed E-state index contributed by atoms with van der Waals surface area (Å²) in [5.74, 6) is -3.43. The molecule has 0 saturated heterocycles. The van der Waals surface area contributed by atoms with Crippen LogP contribution in [0.15, 0.2) is 0 Å². The zero-order valence-electron chi connectivity index (χ0n) is 6.71. The maximum absolute atomic E-state index is 11.9. The van der Waals surface area contributed by atoms with Crippen LogP contribution in [0.5, 0.6) is 0 Å². The second-order valence-corrected chi connectivity index (χ2v) is 2.63. The molecule has 0 aromatic heterocycles. The first-order valence-corrected chi connectivity index (χ1v) is 3.49. The van der Waals surface area contributed by atoms with E-state index in [1.54, 1.807) is 0 Å². The fraction of sp³-hybridized carbons (Fsp3) is 1.00.